The van der Waals surface area contributed by atoms with E-state index >= 15 is 0 Å². The zero-order valence-electron chi connectivity index (χ0n) is 20.0. The first kappa shape index (κ1) is 25.0. The predicted molar refractivity (Wildman–Crippen MR) is 135 cm³/mol. The van der Waals surface area contributed by atoms with E-state index < -0.39 is 5.82 Å². The summed E-state index contributed by atoms with van der Waals surface area (Å²) in [6.45, 7) is 3.72. The third-order valence-electron chi connectivity index (χ3n) is 5.95. The van der Waals surface area contributed by atoms with Gasteiger partial charge in [-0.15, -0.1) is 0 Å². The molecule has 1 aromatic carbocycles. The maximum absolute atomic E-state index is 14.1. The van der Waals surface area contributed by atoms with Crippen LogP contribution < -0.4 is 5.56 Å². The second kappa shape index (κ2) is 11.6. The van der Waals surface area contributed by atoms with Gasteiger partial charge in [0.15, 0.2) is 5.65 Å². The van der Waals surface area contributed by atoms with Gasteiger partial charge in [-0.3, -0.25) is 14.0 Å². The number of fused-ring (bicyclic) bond motifs is 1. The summed E-state index contributed by atoms with van der Waals surface area (Å²) >= 11 is 5.77. The van der Waals surface area contributed by atoms with Crippen molar-refractivity contribution in [1.29, 1.82) is 0 Å². The molecule has 0 unspecified atom stereocenters. The van der Waals surface area contributed by atoms with E-state index in [1.807, 2.05) is 23.1 Å². The number of aryl methyl sites for hydroxylation is 1. The monoisotopic (exact) mass is 497 g/mol. The van der Waals surface area contributed by atoms with Crippen LogP contribution >= 0.6 is 11.6 Å². The Morgan fingerprint density at radius 3 is 2.43 bits per heavy atom. The number of hydrogen-bond acceptors (Lipinski definition) is 5. The number of nitrogens with zero attached hydrogens (tertiary/aromatic N) is 5. The number of aromatic nitrogens is 5. The molecule has 4 heterocycles. The van der Waals surface area contributed by atoms with E-state index in [0.29, 0.717) is 33.0 Å². The molecule has 1 aliphatic heterocycles. The SMILES string of the molecule is C1CCOCC1.Cc1nc2nccc(-c3ccc(Cl)cc3F)c2c(=O)n1C.c1cnn(C2CC2)c1. The molecule has 1 saturated heterocycles. The van der Waals surface area contributed by atoms with Crippen LogP contribution in [0.25, 0.3) is 22.2 Å². The molecular formula is C26H29ClFN5O2. The molecule has 3 aromatic heterocycles. The molecule has 184 valence electrons. The summed E-state index contributed by atoms with van der Waals surface area (Å²) in [5.41, 5.74) is 0.814. The van der Waals surface area contributed by atoms with E-state index in [0.717, 1.165) is 19.3 Å². The summed E-state index contributed by atoms with van der Waals surface area (Å²) in [4.78, 5) is 20.8. The van der Waals surface area contributed by atoms with Crippen molar-refractivity contribution in [2.24, 2.45) is 7.05 Å². The minimum Gasteiger partial charge on any atom is -0.381 e. The van der Waals surface area contributed by atoms with E-state index in [-0.39, 0.29) is 5.56 Å². The van der Waals surface area contributed by atoms with Gasteiger partial charge in [0, 0.05) is 55.0 Å². The summed E-state index contributed by atoms with van der Waals surface area (Å²) in [6.07, 6.45) is 11.9. The van der Waals surface area contributed by atoms with Crippen LogP contribution in [0.15, 0.2) is 53.7 Å². The van der Waals surface area contributed by atoms with Crippen molar-refractivity contribution >= 4 is 22.6 Å². The average Bonchev–Trinajstić information content (AvgIpc) is 3.58. The molecule has 0 N–H and O–H groups in total. The number of pyridine rings is 1. The summed E-state index contributed by atoms with van der Waals surface area (Å²) in [5, 5.41) is 4.70. The molecule has 7 nitrogen and oxygen atoms in total. The zero-order chi connectivity index (χ0) is 24.8. The molecule has 2 aliphatic rings. The molecule has 4 aromatic rings. The Labute approximate surface area is 208 Å². The van der Waals surface area contributed by atoms with E-state index in [1.165, 1.54) is 48.9 Å². The zero-order valence-corrected chi connectivity index (χ0v) is 20.7. The topological polar surface area (TPSA) is 74.8 Å². The van der Waals surface area contributed by atoms with Gasteiger partial charge >= 0.3 is 0 Å². The van der Waals surface area contributed by atoms with Gasteiger partial charge in [-0.2, -0.15) is 5.10 Å². The van der Waals surface area contributed by atoms with Gasteiger partial charge in [-0.25, -0.2) is 14.4 Å². The predicted octanol–water partition coefficient (Wildman–Crippen LogP) is 5.50. The third-order valence-corrected chi connectivity index (χ3v) is 6.18. The largest absolute Gasteiger partial charge is 0.381 e. The number of rotatable bonds is 2. The second-order valence-electron chi connectivity index (χ2n) is 8.59. The van der Waals surface area contributed by atoms with Crippen molar-refractivity contribution < 1.29 is 9.13 Å². The summed E-state index contributed by atoms with van der Waals surface area (Å²) in [6, 6.07) is 8.66. The quantitative estimate of drug-likeness (QED) is 0.365. The first-order valence-electron chi connectivity index (χ1n) is 11.8. The minimum atomic E-state index is -0.488. The molecule has 0 atom stereocenters. The molecule has 1 aliphatic carbocycles. The van der Waals surface area contributed by atoms with Crippen LogP contribution in [0.3, 0.4) is 0 Å². The van der Waals surface area contributed by atoms with Crippen LogP contribution in [0.5, 0.6) is 0 Å². The van der Waals surface area contributed by atoms with Crippen molar-refractivity contribution in [3.8, 4) is 11.1 Å². The second-order valence-corrected chi connectivity index (χ2v) is 9.03. The third kappa shape index (κ3) is 6.32. The van der Waals surface area contributed by atoms with Crippen LogP contribution in [-0.2, 0) is 11.8 Å². The molecule has 6 rings (SSSR count). The highest BCUT2D eigenvalue weighted by Gasteiger charge is 2.23. The average molecular weight is 498 g/mol. The molecule has 0 spiro atoms. The van der Waals surface area contributed by atoms with Crippen LogP contribution in [0.2, 0.25) is 5.02 Å². The molecule has 0 bridgehead atoms. The van der Waals surface area contributed by atoms with Gasteiger partial charge in [-0.1, -0.05) is 11.6 Å². The molecule has 0 amide bonds. The van der Waals surface area contributed by atoms with Crippen molar-refractivity contribution in [2.75, 3.05) is 13.2 Å². The van der Waals surface area contributed by atoms with Gasteiger partial charge in [0.2, 0.25) is 0 Å². The van der Waals surface area contributed by atoms with Crippen LogP contribution in [0, 0.1) is 12.7 Å². The van der Waals surface area contributed by atoms with Crippen molar-refractivity contribution in [3.63, 3.8) is 0 Å². The van der Waals surface area contributed by atoms with Crippen LogP contribution in [0.4, 0.5) is 4.39 Å². The maximum Gasteiger partial charge on any atom is 0.263 e. The first-order chi connectivity index (χ1) is 17.0. The standard InChI is InChI=1S/C15H11ClFN3O.C6H8N2.C5H10O/c1-8-19-14-13(15(21)20(8)2)11(5-6-18-14)10-4-3-9(16)7-12(10)17;1-4-7-8(5-1)6-2-3-6;1-2-4-6-5-3-1/h3-7H,1-2H3;1,4-6H,2-3H2;1-5H2. The Hall–Kier alpha value is -3.10. The van der Waals surface area contributed by atoms with Gasteiger partial charge in [0.25, 0.3) is 5.56 Å². The summed E-state index contributed by atoms with van der Waals surface area (Å²) < 4.78 is 22.7. The lowest BCUT2D eigenvalue weighted by atomic mass is 10.0. The Morgan fingerprint density at radius 1 is 1.09 bits per heavy atom. The van der Waals surface area contributed by atoms with Crippen LogP contribution in [-0.4, -0.2) is 37.5 Å². The lowest BCUT2D eigenvalue weighted by molar-refractivity contribution is 0.0968. The van der Waals surface area contributed by atoms with Crippen molar-refractivity contribution in [1.82, 2.24) is 24.3 Å². The highest BCUT2D eigenvalue weighted by Crippen LogP contribution is 2.33. The van der Waals surface area contributed by atoms with Crippen LogP contribution in [0.1, 0.15) is 44.0 Å². The minimum absolute atomic E-state index is 0.255. The molecular weight excluding hydrogens is 469 g/mol. The lowest BCUT2D eigenvalue weighted by Gasteiger charge is -2.09. The fourth-order valence-electron chi connectivity index (χ4n) is 3.74. The van der Waals surface area contributed by atoms with Gasteiger partial charge in [0.1, 0.15) is 11.6 Å². The van der Waals surface area contributed by atoms with E-state index in [9.17, 15) is 9.18 Å². The molecule has 9 heteroatoms. The van der Waals surface area contributed by atoms with Gasteiger partial charge in [-0.05, 0) is 69.4 Å². The number of hydrogen-bond donors (Lipinski definition) is 0. The number of ether oxygens (including phenoxy) is 1. The van der Waals surface area contributed by atoms with E-state index in [2.05, 4.69) is 15.1 Å². The van der Waals surface area contributed by atoms with Crippen molar-refractivity contribution in [3.05, 3.63) is 75.9 Å². The Kier molecular flexibility index (Phi) is 8.25. The van der Waals surface area contributed by atoms with Crippen molar-refractivity contribution in [2.45, 2.75) is 45.1 Å². The molecule has 1 saturated carbocycles. The van der Waals surface area contributed by atoms with E-state index in [4.69, 9.17) is 16.3 Å². The smallest absolute Gasteiger partial charge is 0.263 e. The van der Waals surface area contributed by atoms with Gasteiger partial charge < -0.3 is 4.74 Å². The Balaban J connectivity index is 0.000000166. The Morgan fingerprint density at radius 2 is 1.86 bits per heavy atom. The molecule has 35 heavy (non-hydrogen) atoms. The molecule has 0 radical (unpaired) electrons. The number of benzene rings is 1. The molecule has 2 fully saturated rings. The maximum atomic E-state index is 14.1. The fraction of sp³-hybridized carbons (Fsp3) is 0.385. The number of halogens is 2. The fourth-order valence-corrected chi connectivity index (χ4v) is 3.90. The first-order valence-corrected chi connectivity index (χ1v) is 12.2. The lowest BCUT2D eigenvalue weighted by Crippen LogP contribution is -2.21. The summed E-state index contributed by atoms with van der Waals surface area (Å²) in [7, 11) is 1.62. The van der Waals surface area contributed by atoms with E-state index in [1.54, 1.807) is 32.2 Å². The highest BCUT2D eigenvalue weighted by molar-refractivity contribution is 6.30. The normalized spacial score (nSPS) is 15.1. The summed E-state index contributed by atoms with van der Waals surface area (Å²) in [5.74, 6) is 0.0614. The highest BCUT2D eigenvalue weighted by atomic mass is 35.5. The van der Waals surface area contributed by atoms with Gasteiger partial charge in [0.05, 0.1) is 11.4 Å². The Bertz CT molecular complexity index is 1320.